The summed E-state index contributed by atoms with van der Waals surface area (Å²) in [6.45, 7) is 1.67. The number of benzene rings is 3. The number of hydrogen-bond acceptors (Lipinski definition) is 6. The van der Waals surface area contributed by atoms with E-state index in [1.54, 1.807) is 30.3 Å². The molecule has 6 rings (SSSR count). The fourth-order valence-electron chi connectivity index (χ4n) is 5.55. The van der Waals surface area contributed by atoms with Crippen molar-refractivity contribution >= 4 is 40.2 Å². The van der Waals surface area contributed by atoms with E-state index in [1.165, 1.54) is 24.8 Å². The number of hydrogen-bond donors (Lipinski definition) is 2. The van der Waals surface area contributed by atoms with Gasteiger partial charge in [0.05, 0.1) is 11.0 Å². The van der Waals surface area contributed by atoms with E-state index in [1.807, 2.05) is 17.7 Å². The lowest BCUT2D eigenvalue weighted by atomic mass is 10.0. The minimum Gasteiger partial charge on any atom is -0.457 e. The maximum absolute atomic E-state index is 14.5. The summed E-state index contributed by atoms with van der Waals surface area (Å²) in [5.74, 6) is -2.99. The highest BCUT2D eigenvalue weighted by atomic mass is 35.5. The number of aromatic nitrogens is 3. The lowest BCUT2D eigenvalue weighted by molar-refractivity contribution is 0.0945. The van der Waals surface area contributed by atoms with E-state index in [-0.39, 0.29) is 27.8 Å². The average Bonchev–Trinajstić information content (AvgIpc) is 3.58. The summed E-state index contributed by atoms with van der Waals surface area (Å²) in [4.78, 5) is 23.9. The predicted molar refractivity (Wildman–Crippen MR) is 168 cm³/mol. The summed E-state index contributed by atoms with van der Waals surface area (Å²) in [5, 5.41) is 6.30. The van der Waals surface area contributed by atoms with Crippen LogP contribution in [0.3, 0.4) is 0 Å². The van der Waals surface area contributed by atoms with Crippen molar-refractivity contribution < 1.29 is 22.7 Å². The zero-order chi connectivity index (χ0) is 31.7. The maximum atomic E-state index is 14.5. The van der Waals surface area contributed by atoms with Gasteiger partial charge in [0.2, 0.25) is 5.95 Å². The molecule has 45 heavy (non-hydrogen) atoms. The first-order valence-electron chi connectivity index (χ1n) is 14.5. The molecule has 1 aliphatic rings. The Hall–Kier alpha value is -4.61. The third-order valence-electron chi connectivity index (χ3n) is 8.03. The third kappa shape index (κ3) is 6.45. The molecule has 5 aromatic rings. The first-order valence-corrected chi connectivity index (χ1v) is 14.8. The minimum atomic E-state index is -1.57. The summed E-state index contributed by atoms with van der Waals surface area (Å²) < 4.78 is 49.8. The maximum Gasteiger partial charge on any atom is 0.270 e. The molecule has 3 heterocycles. The molecule has 3 aromatic carbocycles. The molecule has 1 amide bonds. The van der Waals surface area contributed by atoms with Crippen LogP contribution in [0, 0.1) is 17.5 Å². The summed E-state index contributed by atoms with van der Waals surface area (Å²) in [6, 6.07) is 15.9. The van der Waals surface area contributed by atoms with Gasteiger partial charge in [0.15, 0.2) is 17.5 Å². The predicted octanol–water partition coefficient (Wildman–Crippen LogP) is 7.46. The zero-order valence-corrected chi connectivity index (χ0v) is 25.3. The average molecular weight is 635 g/mol. The van der Waals surface area contributed by atoms with Crippen molar-refractivity contribution in [2.75, 3.05) is 25.5 Å². The monoisotopic (exact) mass is 634 g/mol. The van der Waals surface area contributed by atoms with E-state index < -0.39 is 17.5 Å². The minimum absolute atomic E-state index is 0.164. The van der Waals surface area contributed by atoms with Crippen LogP contribution in [0.15, 0.2) is 66.9 Å². The molecular weight excluding hydrogens is 605 g/mol. The van der Waals surface area contributed by atoms with Gasteiger partial charge in [-0.25, -0.2) is 18.2 Å². The van der Waals surface area contributed by atoms with E-state index in [9.17, 15) is 18.0 Å². The van der Waals surface area contributed by atoms with Crippen LogP contribution in [0.5, 0.6) is 11.5 Å². The van der Waals surface area contributed by atoms with Crippen LogP contribution < -0.4 is 15.4 Å². The molecule has 0 saturated carbocycles. The van der Waals surface area contributed by atoms with Crippen molar-refractivity contribution in [3.05, 3.63) is 95.0 Å². The standard InChI is InChI=1S/C33H30ClF3N6O2/c1-42-15-3-4-20(42)11-13-39-32(44)28-18-22(12-14-38-28)45-21-6-10-29-27(17-21)41-33(43(29)2)40-19-5-8-25(34)24(16-19)23-7-9-26(35)31(37)30(23)36/h5-10,12,14,16-18,20H,3-4,11,13,15H2,1-2H3,(H,39,44)(H,40,41). The lowest BCUT2D eigenvalue weighted by Gasteiger charge is -2.19. The number of halogens is 4. The second-order valence-corrected chi connectivity index (χ2v) is 11.4. The van der Waals surface area contributed by atoms with Crippen molar-refractivity contribution in [1.82, 2.24) is 24.8 Å². The Morgan fingerprint density at radius 2 is 1.82 bits per heavy atom. The number of carbonyl (C=O) groups is 1. The van der Waals surface area contributed by atoms with Gasteiger partial charge >= 0.3 is 0 Å². The quantitative estimate of drug-likeness (QED) is 0.164. The van der Waals surface area contributed by atoms with Gasteiger partial charge in [0.25, 0.3) is 5.91 Å². The molecule has 0 spiro atoms. The molecule has 0 aliphatic carbocycles. The molecule has 1 aliphatic heterocycles. The van der Waals surface area contributed by atoms with Crippen molar-refractivity contribution in [2.24, 2.45) is 7.05 Å². The van der Waals surface area contributed by atoms with E-state index in [2.05, 4.69) is 32.5 Å². The highest BCUT2D eigenvalue weighted by Gasteiger charge is 2.21. The fraction of sp³-hybridized carbons (Fsp3) is 0.242. The molecule has 8 nitrogen and oxygen atoms in total. The van der Waals surface area contributed by atoms with Gasteiger partial charge < -0.3 is 24.8 Å². The van der Waals surface area contributed by atoms with E-state index in [0.29, 0.717) is 41.2 Å². The summed E-state index contributed by atoms with van der Waals surface area (Å²) in [5.41, 5.74) is 2.23. The van der Waals surface area contributed by atoms with Crippen LogP contribution in [0.4, 0.5) is 24.8 Å². The van der Waals surface area contributed by atoms with Crippen molar-refractivity contribution in [1.29, 1.82) is 0 Å². The molecular formula is C33H30ClF3N6O2. The van der Waals surface area contributed by atoms with Gasteiger partial charge in [-0.05, 0) is 81.4 Å². The van der Waals surface area contributed by atoms with E-state index in [4.69, 9.17) is 16.3 Å². The Morgan fingerprint density at radius 3 is 2.62 bits per heavy atom. The third-order valence-corrected chi connectivity index (χ3v) is 8.36. The van der Waals surface area contributed by atoms with Gasteiger partial charge in [-0.2, -0.15) is 0 Å². The Balaban J connectivity index is 1.16. The highest BCUT2D eigenvalue weighted by molar-refractivity contribution is 6.33. The number of rotatable bonds is 9. The van der Waals surface area contributed by atoms with Gasteiger partial charge in [-0.15, -0.1) is 0 Å². The number of amides is 1. The van der Waals surface area contributed by atoms with Crippen LogP contribution >= 0.6 is 11.6 Å². The smallest absolute Gasteiger partial charge is 0.270 e. The lowest BCUT2D eigenvalue weighted by Crippen LogP contribution is -2.32. The molecule has 1 atom stereocenters. The molecule has 1 unspecified atom stereocenters. The van der Waals surface area contributed by atoms with E-state index in [0.717, 1.165) is 37.0 Å². The Kier molecular flexibility index (Phi) is 8.64. The van der Waals surface area contributed by atoms with Gasteiger partial charge in [0, 0.05) is 59.8 Å². The first kappa shape index (κ1) is 30.4. The van der Waals surface area contributed by atoms with Crippen molar-refractivity contribution in [3.8, 4) is 22.6 Å². The molecule has 2 N–H and O–H groups in total. The number of aryl methyl sites for hydroxylation is 1. The van der Waals surface area contributed by atoms with Gasteiger partial charge in [-0.3, -0.25) is 9.78 Å². The van der Waals surface area contributed by atoms with E-state index >= 15 is 0 Å². The van der Waals surface area contributed by atoms with Gasteiger partial charge in [-0.1, -0.05) is 11.6 Å². The Labute approximate surface area is 262 Å². The number of likely N-dealkylation sites (tertiary alicyclic amines) is 1. The number of ether oxygens (including phenoxy) is 1. The number of fused-ring (bicyclic) bond motifs is 1. The SMILES string of the molecule is CN1CCCC1CCNC(=O)c1cc(Oc2ccc3c(c2)nc(Nc2ccc(Cl)c(-c4ccc(F)c(F)c4F)c2)n3C)ccn1. The number of imidazole rings is 1. The van der Waals surface area contributed by atoms with Crippen molar-refractivity contribution in [3.63, 3.8) is 0 Å². The molecule has 0 bridgehead atoms. The Bertz CT molecular complexity index is 1900. The number of nitrogens with zero attached hydrogens (tertiary/aromatic N) is 4. The Morgan fingerprint density at radius 1 is 1.00 bits per heavy atom. The second kappa shape index (κ2) is 12.8. The largest absolute Gasteiger partial charge is 0.457 e. The van der Waals surface area contributed by atoms with Crippen LogP contribution in [0.1, 0.15) is 29.8 Å². The van der Waals surface area contributed by atoms with Crippen LogP contribution in [-0.4, -0.2) is 51.5 Å². The van der Waals surface area contributed by atoms with Crippen LogP contribution in [0.25, 0.3) is 22.2 Å². The number of anilines is 2. The normalized spacial score (nSPS) is 15.0. The second-order valence-electron chi connectivity index (χ2n) is 11.0. The number of carbonyl (C=O) groups excluding carboxylic acids is 1. The highest BCUT2D eigenvalue weighted by Crippen LogP contribution is 2.35. The molecule has 1 fully saturated rings. The number of pyridine rings is 1. The number of nitrogens with one attached hydrogen (secondary N) is 2. The van der Waals surface area contributed by atoms with Gasteiger partial charge in [0.1, 0.15) is 17.2 Å². The summed E-state index contributed by atoms with van der Waals surface area (Å²) in [7, 11) is 3.93. The molecule has 0 radical (unpaired) electrons. The first-order chi connectivity index (χ1) is 21.7. The molecule has 1 saturated heterocycles. The van der Waals surface area contributed by atoms with Crippen molar-refractivity contribution in [2.45, 2.75) is 25.3 Å². The summed E-state index contributed by atoms with van der Waals surface area (Å²) >= 11 is 6.28. The van der Waals surface area contributed by atoms with Crippen LogP contribution in [0.2, 0.25) is 5.02 Å². The molecule has 12 heteroatoms. The fourth-order valence-corrected chi connectivity index (χ4v) is 5.77. The molecule has 2 aromatic heterocycles. The topological polar surface area (TPSA) is 84.3 Å². The molecule has 232 valence electrons. The zero-order valence-electron chi connectivity index (χ0n) is 24.6. The van der Waals surface area contributed by atoms with Crippen LogP contribution in [-0.2, 0) is 7.05 Å². The summed E-state index contributed by atoms with van der Waals surface area (Å²) in [6.07, 6.45) is 4.76.